The van der Waals surface area contributed by atoms with E-state index in [0.717, 1.165) is 5.56 Å². The van der Waals surface area contributed by atoms with Crippen molar-refractivity contribution >= 4 is 11.8 Å². The molecule has 0 heterocycles. The highest BCUT2D eigenvalue weighted by atomic mass is 16.2. The largest absolute Gasteiger partial charge is 0.341 e. The predicted octanol–water partition coefficient (Wildman–Crippen LogP) is -0.146. The van der Waals surface area contributed by atoms with Gasteiger partial charge >= 0.3 is 11.8 Å². The second-order valence-electron chi connectivity index (χ2n) is 3.08. The summed E-state index contributed by atoms with van der Waals surface area (Å²) in [6, 6.07) is 9.11. The number of nitrogens with one attached hydrogen (secondary N) is 2. The summed E-state index contributed by atoms with van der Waals surface area (Å²) < 4.78 is 0. The highest BCUT2D eigenvalue weighted by Gasteiger charge is 2.15. The number of hydrogen-bond acceptors (Lipinski definition) is 3. The number of nitrogens with two attached hydrogens (primary N) is 1. The molecular formula is C10H13N3O2. The lowest BCUT2D eigenvalue weighted by molar-refractivity contribution is -0.139. The molecule has 0 unspecified atom stereocenters. The van der Waals surface area contributed by atoms with Crippen LogP contribution >= 0.6 is 0 Å². The summed E-state index contributed by atoms with van der Waals surface area (Å²) in [5.74, 6) is 3.24. The Morgan fingerprint density at radius 3 is 2.33 bits per heavy atom. The topological polar surface area (TPSA) is 84.2 Å². The average molecular weight is 207 g/mol. The maximum absolute atomic E-state index is 11.2. The normalized spacial score (nSPS) is 11.6. The van der Waals surface area contributed by atoms with Crippen LogP contribution in [-0.2, 0) is 9.59 Å². The minimum atomic E-state index is -0.849. The van der Waals surface area contributed by atoms with Crippen molar-refractivity contribution in [2.45, 2.75) is 13.0 Å². The van der Waals surface area contributed by atoms with E-state index in [4.69, 9.17) is 5.84 Å². The minimum absolute atomic E-state index is 0.226. The Balaban J connectivity index is 2.60. The van der Waals surface area contributed by atoms with E-state index in [1.54, 1.807) is 12.3 Å². The molecule has 0 saturated heterocycles. The number of hydrazine groups is 1. The number of benzene rings is 1. The molecule has 0 aliphatic heterocycles. The van der Waals surface area contributed by atoms with Crippen molar-refractivity contribution in [2.24, 2.45) is 5.84 Å². The standard InChI is InChI=1S/C10H13N3O2/c1-7(8-5-3-2-4-6-8)12-9(14)10(15)13-11/h2-7H,11H2,1H3,(H,12,14)(H,13,15)/t7-/m0/s1. The first kappa shape index (κ1) is 11.2. The van der Waals surface area contributed by atoms with Crippen LogP contribution in [0.3, 0.4) is 0 Å². The van der Waals surface area contributed by atoms with Gasteiger partial charge in [-0.05, 0) is 12.5 Å². The smallest absolute Gasteiger partial charge is 0.323 e. The van der Waals surface area contributed by atoms with Gasteiger partial charge in [-0.3, -0.25) is 15.0 Å². The molecule has 2 amide bonds. The molecule has 80 valence electrons. The number of carbonyl (C=O) groups is 2. The lowest BCUT2D eigenvalue weighted by Gasteiger charge is -2.12. The van der Waals surface area contributed by atoms with Gasteiger partial charge in [0, 0.05) is 0 Å². The van der Waals surface area contributed by atoms with E-state index < -0.39 is 11.8 Å². The van der Waals surface area contributed by atoms with Crippen molar-refractivity contribution in [3.8, 4) is 0 Å². The van der Waals surface area contributed by atoms with E-state index in [9.17, 15) is 9.59 Å². The molecule has 1 rings (SSSR count). The monoisotopic (exact) mass is 207 g/mol. The molecule has 0 fully saturated rings. The Morgan fingerprint density at radius 2 is 1.80 bits per heavy atom. The van der Waals surface area contributed by atoms with Gasteiger partial charge in [-0.1, -0.05) is 30.3 Å². The fraction of sp³-hybridized carbons (Fsp3) is 0.200. The quantitative estimate of drug-likeness (QED) is 0.273. The lowest BCUT2D eigenvalue weighted by Crippen LogP contribution is -2.43. The highest BCUT2D eigenvalue weighted by Crippen LogP contribution is 2.10. The molecule has 1 aromatic carbocycles. The third-order valence-electron chi connectivity index (χ3n) is 1.98. The van der Waals surface area contributed by atoms with Gasteiger partial charge in [0.05, 0.1) is 6.04 Å². The first-order valence-corrected chi connectivity index (χ1v) is 4.51. The molecule has 0 radical (unpaired) electrons. The molecule has 5 nitrogen and oxygen atoms in total. The van der Waals surface area contributed by atoms with Crippen molar-refractivity contribution < 1.29 is 9.59 Å². The van der Waals surface area contributed by atoms with Gasteiger partial charge in [-0.15, -0.1) is 0 Å². The Hall–Kier alpha value is -1.88. The van der Waals surface area contributed by atoms with Crippen molar-refractivity contribution in [1.82, 2.24) is 10.7 Å². The molecule has 0 aliphatic rings. The van der Waals surface area contributed by atoms with Crippen LogP contribution in [0.15, 0.2) is 30.3 Å². The average Bonchev–Trinajstić information content (AvgIpc) is 2.29. The van der Waals surface area contributed by atoms with Crippen molar-refractivity contribution in [1.29, 1.82) is 0 Å². The first-order valence-electron chi connectivity index (χ1n) is 4.51. The van der Waals surface area contributed by atoms with Crippen LogP contribution in [0.25, 0.3) is 0 Å². The van der Waals surface area contributed by atoms with Crippen molar-refractivity contribution in [3.63, 3.8) is 0 Å². The van der Waals surface area contributed by atoms with Crippen LogP contribution < -0.4 is 16.6 Å². The van der Waals surface area contributed by atoms with Gasteiger partial charge in [-0.2, -0.15) is 0 Å². The Morgan fingerprint density at radius 1 is 1.20 bits per heavy atom. The summed E-state index contributed by atoms with van der Waals surface area (Å²) in [5.41, 5.74) is 2.70. The predicted molar refractivity (Wildman–Crippen MR) is 55.3 cm³/mol. The SMILES string of the molecule is C[C@H](NC(=O)C(=O)NN)c1ccccc1. The molecule has 0 spiro atoms. The lowest BCUT2D eigenvalue weighted by atomic mass is 10.1. The molecular weight excluding hydrogens is 194 g/mol. The van der Waals surface area contributed by atoms with E-state index in [-0.39, 0.29) is 6.04 Å². The summed E-state index contributed by atoms with van der Waals surface area (Å²) in [5, 5.41) is 2.52. The number of rotatable bonds is 2. The Labute approximate surface area is 87.6 Å². The highest BCUT2D eigenvalue weighted by molar-refractivity contribution is 6.34. The van der Waals surface area contributed by atoms with E-state index in [1.807, 2.05) is 30.3 Å². The van der Waals surface area contributed by atoms with Gasteiger partial charge in [0.2, 0.25) is 0 Å². The van der Waals surface area contributed by atoms with Crippen molar-refractivity contribution in [3.05, 3.63) is 35.9 Å². The second kappa shape index (κ2) is 5.11. The van der Waals surface area contributed by atoms with Crippen LogP contribution in [0.5, 0.6) is 0 Å². The maximum Gasteiger partial charge on any atom is 0.323 e. The van der Waals surface area contributed by atoms with Gasteiger partial charge in [0.25, 0.3) is 0 Å². The fourth-order valence-electron chi connectivity index (χ4n) is 1.15. The summed E-state index contributed by atoms with van der Waals surface area (Å²) in [4.78, 5) is 22.0. The van der Waals surface area contributed by atoms with E-state index in [1.165, 1.54) is 0 Å². The van der Waals surface area contributed by atoms with Gasteiger partial charge in [0.1, 0.15) is 0 Å². The van der Waals surface area contributed by atoms with Crippen LogP contribution in [0.2, 0.25) is 0 Å². The van der Waals surface area contributed by atoms with Crippen LogP contribution in [0, 0.1) is 0 Å². The molecule has 1 aromatic rings. The molecule has 0 aliphatic carbocycles. The van der Waals surface area contributed by atoms with Crippen LogP contribution in [-0.4, -0.2) is 11.8 Å². The summed E-state index contributed by atoms with van der Waals surface area (Å²) >= 11 is 0. The zero-order chi connectivity index (χ0) is 11.3. The third kappa shape index (κ3) is 3.07. The molecule has 15 heavy (non-hydrogen) atoms. The number of carbonyl (C=O) groups excluding carboxylic acids is 2. The van der Waals surface area contributed by atoms with Gasteiger partial charge in [0.15, 0.2) is 0 Å². The van der Waals surface area contributed by atoms with E-state index in [2.05, 4.69) is 5.32 Å². The molecule has 4 N–H and O–H groups in total. The van der Waals surface area contributed by atoms with Crippen molar-refractivity contribution in [2.75, 3.05) is 0 Å². The zero-order valence-corrected chi connectivity index (χ0v) is 8.36. The molecule has 0 bridgehead atoms. The molecule has 0 saturated carbocycles. The summed E-state index contributed by atoms with van der Waals surface area (Å²) in [6.45, 7) is 1.79. The van der Waals surface area contributed by atoms with Gasteiger partial charge in [-0.25, -0.2) is 5.84 Å². The maximum atomic E-state index is 11.2. The Bertz CT molecular complexity index is 351. The molecule has 0 aromatic heterocycles. The summed E-state index contributed by atoms with van der Waals surface area (Å²) in [6.07, 6.45) is 0. The summed E-state index contributed by atoms with van der Waals surface area (Å²) in [7, 11) is 0. The number of hydrogen-bond donors (Lipinski definition) is 3. The third-order valence-corrected chi connectivity index (χ3v) is 1.98. The number of amides is 2. The Kier molecular flexibility index (Phi) is 3.82. The molecule has 5 heteroatoms. The van der Waals surface area contributed by atoms with E-state index in [0.29, 0.717) is 0 Å². The van der Waals surface area contributed by atoms with E-state index >= 15 is 0 Å². The molecule has 1 atom stereocenters. The van der Waals surface area contributed by atoms with Gasteiger partial charge < -0.3 is 5.32 Å². The minimum Gasteiger partial charge on any atom is -0.341 e. The van der Waals surface area contributed by atoms with Crippen LogP contribution in [0.4, 0.5) is 0 Å². The van der Waals surface area contributed by atoms with Crippen LogP contribution in [0.1, 0.15) is 18.5 Å². The second-order valence-corrected chi connectivity index (χ2v) is 3.08. The zero-order valence-electron chi connectivity index (χ0n) is 8.36. The first-order chi connectivity index (χ1) is 7.15. The fourth-order valence-corrected chi connectivity index (χ4v) is 1.15.